The van der Waals surface area contributed by atoms with Gasteiger partial charge in [-0.2, -0.15) is 0 Å². The number of piperidine rings is 1. The van der Waals surface area contributed by atoms with Gasteiger partial charge in [-0.25, -0.2) is 9.97 Å². The van der Waals surface area contributed by atoms with Gasteiger partial charge >= 0.3 is 0 Å². The van der Waals surface area contributed by atoms with Crippen LogP contribution in [0.5, 0.6) is 0 Å². The molecule has 5 heteroatoms. The highest BCUT2D eigenvalue weighted by Gasteiger charge is 2.42. The standard InChI is InChI=1S/C18H23N3O2/c1-12-13(2)19-17(20-14(12)3)21-10-9-18(23,16(22)11-21)15-7-5-4-6-8-15/h4-8,16,22-23H,9-11H2,1-3H3/t16-,18-/m0/s1. The van der Waals surface area contributed by atoms with Gasteiger partial charge in [-0.1, -0.05) is 30.3 Å². The number of aryl methyl sites for hydroxylation is 2. The minimum absolute atomic E-state index is 0.313. The molecule has 0 aliphatic carbocycles. The molecule has 0 spiro atoms. The topological polar surface area (TPSA) is 69.5 Å². The zero-order valence-corrected chi connectivity index (χ0v) is 13.8. The van der Waals surface area contributed by atoms with Crippen LogP contribution in [-0.2, 0) is 5.60 Å². The van der Waals surface area contributed by atoms with Crippen LogP contribution in [0.1, 0.15) is 28.9 Å². The highest BCUT2D eigenvalue weighted by molar-refractivity contribution is 5.38. The van der Waals surface area contributed by atoms with Crippen molar-refractivity contribution in [2.24, 2.45) is 0 Å². The molecule has 1 aliphatic heterocycles. The van der Waals surface area contributed by atoms with Crippen LogP contribution < -0.4 is 4.90 Å². The molecule has 23 heavy (non-hydrogen) atoms. The molecule has 1 aromatic heterocycles. The van der Waals surface area contributed by atoms with E-state index in [9.17, 15) is 10.2 Å². The Morgan fingerprint density at radius 1 is 1.09 bits per heavy atom. The van der Waals surface area contributed by atoms with E-state index in [4.69, 9.17) is 0 Å². The molecule has 1 aromatic carbocycles. The lowest BCUT2D eigenvalue weighted by Crippen LogP contribution is -2.54. The molecule has 2 N–H and O–H groups in total. The molecule has 2 atom stereocenters. The molecule has 0 radical (unpaired) electrons. The summed E-state index contributed by atoms with van der Waals surface area (Å²) in [6, 6.07) is 9.37. The third kappa shape index (κ3) is 2.82. The third-order valence-electron chi connectivity index (χ3n) is 4.88. The van der Waals surface area contributed by atoms with Crippen LogP contribution in [0.4, 0.5) is 5.95 Å². The van der Waals surface area contributed by atoms with E-state index in [0.717, 1.165) is 22.5 Å². The number of aliphatic hydroxyl groups excluding tert-OH is 1. The fourth-order valence-corrected chi connectivity index (χ4v) is 3.06. The largest absolute Gasteiger partial charge is 0.388 e. The van der Waals surface area contributed by atoms with Crippen LogP contribution >= 0.6 is 0 Å². The number of aliphatic hydroxyl groups is 2. The molecule has 3 rings (SSSR count). The van der Waals surface area contributed by atoms with Gasteiger partial charge in [-0.05, 0) is 31.9 Å². The maximum atomic E-state index is 10.9. The lowest BCUT2D eigenvalue weighted by atomic mass is 9.82. The number of rotatable bonds is 2. The third-order valence-corrected chi connectivity index (χ3v) is 4.88. The predicted octanol–water partition coefficient (Wildman–Crippen LogP) is 1.86. The molecule has 0 unspecified atom stereocenters. The van der Waals surface area contributed by atoms with Crippen molar-refractivity contribution in [2.75, 3.05) is 18.0 Å². The van der Waals surface area contributed by atoms with E-state index in [2.05, 4.69) is 9.97 Å². The first-order chi connectivity index (χ1) is 10.9. The number of anilines is 1. The fraction of sp³-hybridized carbons (Fsp3) is 0.444. The number of benzene rings is 1. The van der Waals surface area contributed by atoms with E-state index >= 15 is 0 Å². The Morgan fingerprint density at radius 3 is 2.26 bits per heavy atom. The van der Waals surface area contributed by atoms with Crippen molar-refractivity contribution in [3.05, 3.63) is 52.8 Å². The van der Waals surface area contributed by atoms with Crippen molar-refractivity contribution >= 4 is 5.95 Å². The first-order valence-electron chi connectivity index (χ1n) is 7.94. The van der Waals surface area contributed by atoms with Crippen LogP contribution in [0.3, 0.4) is 0 Å². The molecule has 0 saturated carbocycles. The SMILES string of the molecule is Cc1nc(N2CC[C@](O)(c3ccccc3)[C@@H](O)C2)nc(C)c1C. The Bertz CT molecular complexity index is 682. The van der Waals surface area contributed by atoms with Crippen molar-refractivity contribution in [3.8, 4) is 0 Å². The molecule has 1 aliphatic rings. The minimum atomic E-state index is -1.22. The maximum absolute atomic E-state index is 10.9. The van der Waals surface area contributed by atoms with Gasteiger partial charge in [0.05, 0.1) is 0 Å². The number of aromatic nitrogens is 2. The first-order valence-corrected chi connectivity index (χ1v) is 7.94. The summed E-state index contributed by atoms with van der Waals surface area (Å²) in [6.45, 7) is 6.85. The molecule has 2 heterocycles. The lowest BCUT2D eigenvalue weighted by molar-refractivity contribution is -0.0919. The number of β-amino-alcohol motifs (C(OH)–C–C–N with tert-alkyl or cyclic N) is 1. The predicted molar refractivity (Wildman–Crippen MR) is 89.4 cm³/mol. The molecule has 0 bridgehead atoms. The van der Waals surface area contributed by atoms with Gasteiger partial charge in [0.15, 0.2) is 0 Å². The van der Waals surface area contributed by atoms with Gasteiger partial charge in [-0.15, -0.1) is 0 Å². The Kier molecular flexibility index (Phi) is 4.08. The number of hydrogen-bond acceptors (Lipinski definition) is 5. The maximum Gasteiger partial charge on any atom is 0.225 e. The summed E-state index contributed by atoms with van der Waals surface area (Å²) < 4.78 is 0. The molecule has 1 saturated heterocycles. The zero-order chi connectivity index (χ0) is 16.6. The Hall–Kier alpha value is -1.98. The Labute approximate surface area is 136 Å². The van der Waals surface area contributed by atoms with Crippen molar-refractivity contribution < 1.29 is 10.2 Å². The van der Waals surface area contributed by atoms with Gasteiger partial charge in [0, 0.05) is 30.9 Å². The molecular weight excluding hydrogens is 290 g/mol. The van der Waals surface area contributed by atoms with Crippen molar-refractivity contribution in [3.63, 3.8) is 0 Å². The molecule has 0 amide bonds. The van der Waals surface area contributed by atoms with Crippen molar-refractivity contribution in [1.82, 2.24) is 9.97 Å². The van der Waals surface area contributed by atoms with Crippen LogP contribution in [0, 0.1) is 20.8 Å². The Morgan fingerprint density at radius 2 is 1.70 bits per heavy atom. The quantitative estimate of drug-likeness (QED) is 0.886. The van der Waals surface area contributed by atoms with E-state index in [1.807, 2.05) is 56.0 Å². The van der Waals surface area contributed by atoms with Crippen molar-refractivity contribution in [2.45, 2.75) is 38.9 Å². The molecular formula is C18H23N3O2. The summed E-state index contributed by atoms with van der Waals surface area (Å²) in [4.78, 5) is 11.0. The van der Waals surface area contributed by atoms with Gasteiger partial charge in [0.25, 0.3) is 0 Å². The summed E-state index contributed by atoms with van der Waals surface area (Å²) in [5.74, 6) is 0.625. The highest BCUT2D eigenvalue weighted by atomic mass is 16.3. The summed E-state index contributed by atoms with van der Waals surface area (Å²) in [6.07, 6.45) is -0.447. The summed E-state index contributed by atoms with van der Waals surface area (Å²) >= 11 is 0. The van der Waals surface area contributed by atoms with E-state index in [-0.39, 0.29) is 0 Å². The average Bonchev–Trinajstić information content (AvgIpc) is 2.55. The smallest absolute Gasteiger partial charge is 0.225 e. The second kappa shape index (κ2) is 5.91. The zero-order valence-electron chi connectivity index (χ0n) is 13.8. The second-order valence-electron chi connectivity index (χ2n) is 6.32. The second-order valence-corrected chi connectivity index (χ2v) is 6.32. The van der Waals surface area contributed by atoms with Crippen molar-refractivity contribution in [1.29, 1.82) is 0 Å². The molecule has 2 aromatic rings. The lowest BCUT2D eigenvalue weighted by Gasteiger charge is -2.42. The Balaban J connectivity index is 1.84. The number of nitrogens with zero attached hydrogens (tertiary/aromatic N) is 3. The number of hydrogen-bond donors (Lipinski definition) is 2. The fourth-order valence-electron chi connectivity index (χ4n) is 3.06. The normalized spacial score (nSPS) is 24.7. The summed E-state index contributed by atoms with van der Waals surface area (Å²) in [7, 11) is 0. The van der Waals surface area contributed by atoms with Crippen LogP contribution in [0.2, 0.25) is 0 Å². The monoisotopic (exact) mass is 313 g/mol. The van der Waals surface area contributed by atoms with E-state index in [1.54, 1.807) is 0 Å². The van der Waals surface area contributed by atoms with E-state index in [1.165, 1.54) is 0 Å². The average molecular weight is 313 g/mol. The summed E-state index contributed by atoms with van der Waals surface area (Å²) in [5.41, 5.74) is 2.53. The van der Waals surface area contributed by atoms with Crippen LogP contribution in [0.15, 0.2) is 30.3 Å². The van der Waals surface area contributed by atoms with E-state index < -0.39 is 11.7 Å². The van der Waals surface area contributed by atoms with Gasteiger partial charge in [0.2, 0.25) is 5.95 Å². The molecule has 1 fully saturated rings. The van der Waals surface area contributed by atoms with Gasteiger partial charge < -0.3 is 15.1 Å². The van der Waals surface area contributed by atoms with Crippen LogP contribution in [0.25, 0.3) is 0 Å². The van der Waals surface area contributed by atoms with Gasteiger partial charge in [0.1, 0.15) is 11.7 Å². The molecule has 122 valence electrons. The summed E-state index contributed by atoms with van der Waals surface area (Å²) in [5, 5.41) is 21.5. The van der Waals surface area contributed by atoms with Crippen LogP contribution in [-0.4, -0.2) is 39.4 Å². The highest BCUT2D eigenvalue weighted by Crippen LogP contribution is 2.34. The van der Waals surface area contributed by atoms with E-state index in [0.29, 0.717) is 25.5 Å². The van der Waals surface area contributed by atoms with Gasteiger partial charge in [-0.3, -0.25) is 0 Å². The molecule has 5 nitrogen and oxygen atoms in total. The minimum Gasteiger partial charge on any atom is -0.388 e. The first kappa shape index (κ1) is 15.9.